The molecule has 2 aliphatic rings. The van der Waals surface area contributed by atoms with Gasteiger partial charge in [0.25, 0.3) is 11.8 Å². The number of anilines is 1. The SMILES string of the molecule is COc1ccccc1CNC(=O)c1ccccc1N1C(=O)C2Cc3c([nH]c4ccccc34)C(c3ccc(F)cc3)N2C1=O. The van der Waals surface area contributed by atoms with Crippen LogP contribution in [0.5, 0.6) is 5.75 Å². The number of imide groups is 1. The van der Waals surface area contributed by atoms with Gasteiger partial charge in [-0.1, -0.05) is 60.7 Å². The third-order valence-electron chi connectivity index (χ3n) is 8.26. The maximum atomic E-state index is 14.3. The third kappa shape index (κ3) is 4.32. The zero-order valence-corrected chi connectivity index (χ0v) is 23.2. The molecule has 9 heteroatoms. The molecule has 2 unspecified atom stereocenters. The highest BCUT2D eigenvalue weighted by atomic mass is 19.1. The fourth-order valence-electron chi connectivity index (χ4n) is 6.27. The normalized spacial score (nSPS) is 17.6. The molecule has 8 nitrogen and oxygen atoms in total. The summed E-state index contributed by atoms with van der Waals surface area (Å²) in [6, 6.07) is 25.7. The van der Waals surface area contributed by atoms with E-state index in [-0.39, 0.29) is 17.8 Å². The number of aromatic nitrogens is 1. The Hall–Kier alpha value is -5.44. The number of amides is 4. The Morgan fingerprint density at radius 1 is 0.953 bits per heavy atom. The first-order valence-electron chi connectivity index (χ1n) is 14.0. The molecule has 214 valence electrons. The van der Waals surface area contributed by atoms with Crippen LogP contribution in [0.1, 0.15) is 38.8 Å². The summed E-state index contributed by atoms with van der Waals surface area (Å²) in [6.07, 6.45) is 0.306. The van der Waals surface area contributed by atoms with Gasteiger partial charge in [-0.05, 0) is 47.5 Å². The lowest BCUT2D eigenvalue weighted by Gasteiger charge is -2.36. The number of nitrogens with zero attached hydrogens (tertiary/aromatic N) is 2. The van der Waals surface area contributed by atoms with Crippen LogP contribution in [0.25, 0.3) is 10.9 Å². The van der Waals surface area contributed by atoms with Crippen LogP contribution in [0, 0.1) is 5.82 Å². The fraction of sp³-hybridized carbons (Fsp3) is 0.147. The van der Waals surface area contributed by atoms with Crippen LogP contribution in [0.3, 0.4) is 0 Å². The van der Waals surface area contributed by atoms with Crippen molar-refractivity contribution < 1.29 is 23.5 Å². The monoisotopic (exact) mass is 574 g/mol. The van der Waals surface area contributed by atoms with Gasteiger partial charge in [0, 0.05) is 35.1 Å². The van der Waals surface area contributed by atoms with Crippen molar-refractivity contribution >= 4 is 34.4 Å². The molecule has 0 saturated carbocycles. The van der Waals surface area contributed by atoms with Gasteiger partial charge in [-0.3, -0.25) is 14.5 Å². The highest BCUT2D eigenvalue weighted by Crippen LogP contribution is 2.45. The fourth-order valence-corrected chi connectivity index (χ4v) is 6.27. The molecule has 0 spiro atoms. The number of aromatic amines is 1. The lowest BCUT2D eigenvalue weighted by atomic mass is 9.89. The molecule has 0 radical (unpaired) electrons. The van der Waals surface area contributed by atoms with Gasteiger partial charge in [0.05, 0.1) is 18.4 Å². The summed E-state index contributed by atoms with van der Waals surface area (Å²) >= 11 is 0. The Morgan fingerprint density at radius 3 is 2.49 bits per heavy atom. The summed E-state index contributed by atoms with van der Waals surface area (Å²) in [5.41, 5.74) is 4.49. The quantitative estimate of drug-likeness (QED) is 0.253. The van der Waals surface area contributed by atoms with Crippen molar-refractivity contribution in [1.82, 2.24) is 15.2 Å². The van der Waals surface area contributed by atoms with Gasteiger partial charge < -0.3 is 15.0 Å². The summed E-state index contributed by atoms with van der Waals surface area (Å²) in [5, 5.41) is 3.87. The molecule has 7 rings (SSSR count). The molecule has 2 atom stereocenters. The van der Waals surface area contributed by atoms with Gasteiger partial charge in [-0.25, -0.2) is 14.1 Å². The summed E-state index contributed by atoms with van der Waals surface area (Å²) in [7, 11) is 1.56. The lowest BCUT2D eigenvalue weighted by Crippen LogP contribution is -2.44. The minimum absolute atomic E-state index is 0.196. The highest BCUT2D eigenvalue weighted by Gasteiger charge is 2.53. The first-order chi connectivity index (χ1) is 21.0. The highest BCUT2D eigenvalue weighted by molar-refractivity contribution is 6.24. The second-order valence-corrected chi connectivity index (χ2v) is 10.6. The van der Waals surface area contributed by atoms with E-state index in [1.165, 1.54) is 12.1 Å². The van der Waals surface area contributed by atoms with Crippen molar-refractivity contribution in [2.45, 2.75) is 25.0 Å². The predicted molar refractivity (Wildman–Crippen MR) is 159 cm³/mol. The number of nitrogens with one attached hydrogen (secondary N) is 2. The summed E-state index contributed by atoms with van der Waals surface area (Å²) in [6.45, 7) is 0.197. The molecule has 3 heterocycles. The number of fused-ring (bicyclic) bond motifs is 4. The molecule has 2 N–H and O–H groups in total. The number of carbonyl (C=O) groups is 3. The molecule has 1 saturated heterocycles. The van der Waals surface area contributed by atoms with E-state index in [0.717, 1.165) is 32.6 Å². The van der Waals surface area contributed by atoms with Crippen LogP contribution in [0.15, 0.2) is 97.1 Å². The van der Waals surface area contributed by atoms with Crippen LogP contribution in [0.4, 0.5) is 14.9 Å². The van der Waals surface area contributed by atoms with Gasteiger partial charge in [0.15, 0.2) is 0 Å². The topological polar surface area (TPSA) is 94.7 Å². The first-order valence-corrected chi connectivity index (χ1v) is 14.0. The van der Waals surface area contributed by atoms with Crippen LogP contribution in [-0.2, 0) is 17.8 Å². The molecule has 0 bridgehead atoms. The summed E-state index contributed by atoms with van der Waals surface area (Å²) in [4.78, 5) is 48.0. The van der Waals surface area contributed by atoms with Crippen molar-refractivity contribution in [3.05, 3.63) is 131 Å². The smallest absolute Gasteiger partial charge is 0.332 e. The minimum atomic E-state index is -0.807. The number of hydrogen-bond donors (Lipinski definition) is 2. The largest absolute Gasteiger partial charge is 0.496 e. The molecule has 4 amide bonds. The number of para-hydroxylation sites is 3. The number of ether oxygens (including phenoxy) is 1. The zero-order chi connectivity index (χ0) is 29.7. The van der Waals surface area contributed by atoms with Crippen LogP contribution in [-0.4, -0.2) is 40.9 Å². The Labute approximate surface area is 246 Å². The van der Waals surface area contributed by atoms with E-state index in [4.69, 9.17) is 4.74 Å². The number of urea groups is 1. The molecule has 2 aliphatic heterocycles. The Balaban J connectivity index is 1.27. The lowest BCUT2D eigenvalue weighted by molar-refractivity contribution is -0.120. The van der Waals surface area contributed by atoms with Gasteiger partial charge in [-0.2, -0.15) is 0 Å². The zero-order valence-electron chi connectivity index (χ0n) is 23.2. The Kier molecular flexibility index (Phi) is 6.42. The van der Waals surface area contributed by atoms with E-state index in [0.29, 0.717) is 17.7 Å². The molecule has 43 heavy (non-hydrogen) atoms. The molecular weight excluding hydrogens is 547 g/mol. The number of carbonyl (C=O) groups excluding carboxylic acids is 3. The van der Waals surface area contributed by atoms with E-state index in [1.54, 1.807) is 48.4 Å². The van der Waals surface area contributed by atoms with Gasteiger partial charge in [-0.15, -0.1) is 0 Å². The second kappa shape index (κ2) is 10.4. The average molecular weight is 575 g/mol. The second-order valence-electron chi connectivity index (χ2n) is 10.6. The number of rotatable bonds is 6. The molecule has 0 aliphatic carbocycles. The first kappa shape index (κ1) is 26.5. The third-order valence-corrected chi connectivity index (χ3v) is 8.26. The maximum absolute atomic E-state index is 14.3. The van der Waals surface area contributed by atoms with Crippen molar-refractivity contribution in [2.24, 2.45) is 0 Å². The standard InChI is InChI=1S/C34H27FN4O4/c1-43-29-13-7-2-8-21(29)19-36-32(40)24-10-4-6-12-27(24)39-33(41)28-18-25-23-9-3-5-11-26(23)37-30(25)31(38(28)34(39)42)20-14-16-22(35)17-15-20/h2-17,28,31,37H,18-19H2,1H3,(H,36,40). The van der Waals surface area contributed by atoms with Crippen LogP contribution < -0.4 is 15.0 Å². The Morgan fingerprint density at radius 2 is 1.67 bits per heavy atom. The number of methoxy groups -OCH3 is 1. The summed E-state index contributed by atoms with van der Waals surface area (Å²) in [5.74, 6) is -0.608. The van der Waals surface area contributed by atoms with E-state index < -0.39 is 35.7 Å². The van der Waals surface area contributed by atoms with Crippen molar-refractivity contribution in [2.75, 3.05) is 12.0 Å². The van der Waals surface area contributed by atoms with E-state index in [9.17, 15) is 18.8 Å². The predicted octanol–water partition coefficient (Wildman–Crippen LogP) is 5.73. The molecule has 1 aromatic heterocycles. The average Bonchev–Trinajstić information content (AvgIpc) is 3.53. The van der Waals surface area contributed by atoms with Gasteiger partial charge in [0.1, 0.15) is 23.7 Å². The van der Waals surface area contributed by atoms with Crippen molar-refractivity contribution in [3.8, 4) is 5.75 Å². The van der Waals surface area contributed by atoms with Crippen molar-refractivity contribution in [1.29, 1.82) is 0 Å². The number of hydrogen-bond acceptors (Lipinski definition) is 4. The van der Waals surface area contributed by atoms with E-state index >= 15 is 0 Å². The molecule has 1 fully saturated rings. The maximum Gasteiger partial charge on any atom is 0.332 e. The van der Waals surface area contributed by atoms with Gasteiger partial charge in [0.2, 0.25) is 0 Å². The van der Waals surface area contributed by atoms with Crippen molar-refractivity contribution in [3.63, 3.8) is 0 Å². The van der Waals surface area contributed by atoms with Crippen LogP contribution in [0.2, 0.25) is 0 Å². The molecule has 5 aromatic rings. The minimum Gasteiger partial charge on any atom is -0.496 e. The van der Waals surface area contributed by atoms with Crippen LogP contribution >= 0.6 is 0 Å². The van der Waals surface area contributed by atoms with Gasteiger partial charge >= 0.3 is 6.03 Å². The number of benzene rings is 4. The summed E-state index contributed by atoms with van der Waals surface area (Å²) < 4.78 is 19.3. The number of halogens is 1. The van der Waals surface area contributed by atoms with E-state index in [2.05, 4.69) is 10.3 Å². The Bertz CT molecular complexity index is 1900. The molecular formula is C34H27FN4O4. The number of H-pyrrole nitrogens is 1. The molecule has 4 aromatic carbocycles. The van der Waals surface area contributed by atoms with E-state index in [1.807, 2.05) is 48.5 Å².